The number of hydrogen-bond acceptors (Lipinski definition) is 4. The van der Waals surface area contributed by atoms with Crippen LogP contribution in [0.3, 0.4) is 0 Å². The number of Topliss-reactive ketones (excluding diaryl/α,β-unsaturated/α-hetero) is 1. The molecule has 0 saturated heterocycles. The summed E-state index contributed by atoms with van der Waals surface area (Å²) in [5.41, 5.74) is 9.12. The molecule has 1 aromatic rings. The average molecular weight is 333 g/mol. The summed E-state index contributed by atoms with van der Waals surface area (Å²) in [7, 11) is 1.37. The van der Waals surface area contributed by atoms with E-state index in [1.807, 2.05) is 30.3 Å². The molecule has 0 heterocycles. The molecule has 0 aliphatic rings. The van der Waals surface area contributed by atoms with Crippen LogP contribution in [0.4, 0.5) is 0 Å². The molecule has 0 fully saturated rings. The first-order chi connectivity index (χ1) is 11.5. The van der Waals surface area contributed by atoms with E-state index in [1.54, 1.807) is 0 Å². The zero-order valence-electron chi connectivity index (χ0n) is 13.2. The van der Waals surface area contributed by atoms with E-state index in [9.17, 15) is 14.4 Å². The van der Waals surface area contributed by atoms with Crippen LogP contribution in [-0.4, -0.2) is 53.0 Å². The Balaban J connectivity index is 2.66. The van der Waals surface area contributed by atoms with Gasteiger partial charge in [0.05, 0.1) is 0 Å². The number of benzene rings is 1. The third-order valence-electron chi connectivity index (χ3n) is 3.34. The van der Waals surface area contributed by atoms with Gasteiger partial charge in [-0.3, -0.25) is 9.59 Å². The molecule has 1 aromatic carbocycles. The number of carbonyl (C=O) groups excluding carboxylic acids is 2. The van der Waals surface area contributed by atoms with Crippen LogP contribution in [-0.2, 0) is 25.5 Å². The van der Waals surface area contributed by atoms with Crippen molar-refractivity contribution < 1.29 is 29.0 Å². The molecule has 24 heavy (non-hydrogen) atoms. The van der Waals surface area contributed by atoms with Crippen LogP contribution >= 0.6 is 0 Å². The van der Waals surface area contributed by atoms with Crippen molar-refractivity contribution >= 4 is 23.9 Å². The summed E-state index contributed by atoms with van der Waals surface area (Å²) in [6.45, 7) is 0. The van der Waals surface area contributed by atoms with Gasteiger partial charge >= 0.3 is 12.2 Å². The zero-order chi connectivity index (χ0) is 17.9. The molecule has 2 atom stereocenters. The molecule has 1 rings (SSSR count). The molecule has 0 radical (unpaired) electrons. The summed E-state index contributed by atoms with van der Waals surface area (Å²) < 4.78 is 5.13. The number of amides is 1. The third-order valence-corrected chi connectivity index (χ3v) is 3.34. The molecule has 0 saturated carbocycles. The average Bonchev–Trinajstić information content (AvgIpc) is 2.57. The van der Waals surface area contributed by atoms with Crippen molar-refractivity contribution in [3.8, 4) is 0 Å². The van der Waals surface area contributed by atoms with Crippen molar-refractivity contribution in [2.75, 3.05) is 7.11 Å². The lowest BCUT2D eigenvalue weighted by molar-refractivity contribution is -0.144. The van der Waals surface area contributed by atoms with Crippen LogP contribution in [0.15, 0.2) is 30.3 Å². The first-order valence-corrected chi connectivity index (χ1v) is 7.28. The Morgan fingerprint density at radius 2 is 2.00 bits per heavy atom. The topological polar surface area (TPSA) is 129 Å². The Morgan fingerprint density at radius 3 is 2.54 bits per heavy atom. The van der Waals surface area contributed by atoms with Crippen LogP contribution in [0.25, 0.3) is 5.53 Å². The maximum absolute atomic E-state index is 12.2. The number of methoxy groups -OCH3 is 1. The second kappa shape index (κ2) is 10.0. The monoisotopic (exact) mass is 333 g/mol. The molecule has 0 unspecified atom stereocenters. The lowest BCUT2D eigenvalue weighted by atomic mass is 10.1. The number of aliphatic carboxylic acids is 1. The second-order valence-corrected chi connectivity index (χ2v) is 5.06. The van der Waals surface area contributed by atoms with Crippen LogP contribution in [0.5, 0.6) is 0 Å². The van der Waals surface area contributed by atoms with E-state index in [4.69, 9.17) is 15.4 Å². The minimum absolute atomic E-state index is 0.117. The summed E-state index contributed by atoms with van der Waals surface area (Å²) in [6.07, 6.45) is -0.144. The molecule has 128 valence electrons. The van der Waals surface area contributed by atoms with E-state index in [1.165, 1.54) is 7.11 Å². The van der Waals surface area contributed by atoms with Crippen molar-refractivity contribution in [3.63, 3.8) is 0 Å². The van der Waals surface area contributed by atoms with Gasteiger partial charge in [-0.25, -0.2) is 4.79 Å². The number of nitrogens with one attached hydrogen (secondary N) is 1. The number of carboxylic acid groups (broad SMARTS) is 1. The Labute approximate surface area is 139 Å². The van der Waals surface area contributed by atoms with Gasteiger partial charge < -0.3 is 20.7 Å². The number of rotatable bonds is 10. The predicted octanol–water partition coefficient (Wildman–Crippen LogP) is 0.463. The Morgan fingerprint density at radius 1 is 1.33 bits per heavy atom. The van der Waals surface area contributed by atoms with Gasteiger partial charge in [-0.05, 0) is 12.0 Å². The lowest BCUT2D eigenvalue weighted by Crippen LogP contribution is -2.46. The van der Waals surface area contributed by atoms with Gasteiger partial charge in [0.1, 0.15) is 12.1 Å². The highest BCUT2D eigenvalue weighted by Crippen LogP contribution is 2.07. The molecular weight excluding hydrogens is 314 g/mol. The first-order valence-electron chi connectivity index (χ1n) is 7.28. The number of nitrogens with zero attached hydrogens (tertiary/aromatic N) is 2. The van der Waals surface area contributed by atoms with Crippen molar-refractivity contribution in [1.82, 2.24) is 5.32 Å². The SMILES string of the molecule is CO[C@@H](Cc1ccccc1)C(=O)N[C@@H](CCC(=O)C=[N+]=[N-])C(=O)O. The van der Waals surface area contributed by atoms with Crippen molar-refractivity contribution in [2.45, 2.75) is 31.4 Å². The second-order valence-electron chi connectivity index (χ2n) is 5.06. The van der Waals surface area contributed by atoms with Crippen molar-refractivity contribution in [1.29, 1.82) is 0 Å². The Kier molecular flexibility index (Phi) is 8.04. The fourth-order valence-corrected chi connectivity index (χ4v) is 2.05. The number of carbonyl (C=O) groups is 3. The Bertz CT molecular complexity index is 626. The standard InChI is InChI=1S/C16H19N3O5/c1-24-14(9-11-5-3-2-4-6-11)15(21)19-13(16(22)23)8-7-12(20)10-18-17/h2-6,10,13-14H,7-9H2,1H3,(H,19,21)(H,22,23)/t13-,14-/m0/s1. The van der Waals surface area contributed by atoms with E-state index in [2.05, 4.69) is 10.1 Å². The van der Waals surface area contributed by atoms with Crippen LogP contribution in [0.1, 0.15) is 18.4 Å². The van der Waals surface area contributed by atoms with Gasteiger partial charge in [0.15, 0.2) is 0 Å². The molecular formula is C16H19N3O5. The van der Waals surface area contributed by atoms with E-state index >= 15 is 0 Å². The molecule has 8 heteroatoms. The Hall–Kier alpha value is -2.83. The van der Waals surface area contributed by atoms with Crippen LogP contribution < -0.4 is 5.32 Å². The van der Waals surface area contributed by atoms with E-state index < -0.39 is 29.8 Å². The van der Waals surface area contributed by atoms with Crippen LogP contribution in [0, 0.1) is 0 Å². The molecule has 0 aliphatic carbocycles. The molecule has 2 N–H and O–H groups in total. The fourth-order valence-electron chi connectivity index (χ4n) is 2.05. The van der Waals surface area contributed by atoms with E-state index in [0.717, 1.165) is 5.56 Å². The van der Waals surface area contributed by atoms with E-state index in [-0.39, 0.29) is 12.8 Å². The van der Waals surface area contributed by atoms with Gasteiger partial charge in [0.2, 0.25) is 11.7 Å². The molecule has 0 spiro atoms. The summed E-state index contributed by atoms with van der Waals surface area (Å²) in [6, 6.07) is 7.94. The van der Waals surface area contributed by atoms with Gasteiger partial charge in [-0.1, -0.05) is 30.3 Å². The molecule has 0 aromatic heterocycles. The van der Waals surface area contributed by atoms with Gasteiger partial charge in [-0.2, -0.15) is 4.79 Å². The smallest absolute Gasteiger partial charge is 0.326 e. The van der Waals surface area contributed by atoms with Crippen molar-refractivity contribution in [2.24, 2.45) is 0 Å². The number of ketones is 1. The van der Waals surface area contributed by atoms with Gasteiger partial charge in [0, 0.05) is 20.0 Å². The fraction of sp³-hybridized carbons (Fsp3) is 0.375. The molecule has 0 bridgehead atoms. The third kappa shape index (κ3) is 6.51. The first kappa shape index (κ1) is 19.2. The van der Waals surface area contributed by atoms with Crippen molar-refractivity contribution in [3.05, 3.63) is 41.4 Å². The summed E-state index contributed by atoms with van der Waals surface area (Å²) >= 11 is 0. The van der Waals surface area contributed by atoms with E-state index in [0.29, 0.717) is 12.6 Å². The quantitative estimate of drug-likeness (QED) is 0.365. The highest BCUT2D eigenvalue weighted by atomic mass is 16.5. The van der Waals surface area contributed by atoms with Crippen LogP contribution in [0.2, 0.25) is 0 Å². The summed E-state index contributed by atoms with van der Waals surface area (Å²) in [4.78, 5) is 37.3. The number of hydrogen-bond donors (Lipinski definition) is 2. The highest BCUT2D eigenvalue weighted by Gasteiger charge is 2.26. The number of carboxylic acids is 1. The maximum Gasteiger partial charge on any atom is 0.326 e. The zero-order valence-corrected chi connectivity index (χ0v) is 13.2. The molecule has 8 nitrogen and oxygen atoms in total. The van der Waals surface area contributed by atoms with Gasteiger partial charge in [0.25, 0.3) is 0 Å². The lowest BCUT2D eigenvalue weighted by Gasteiger charge is -2.19. The number of ether oxygens (including phenoxy) is 1. The maximum atomic E-state index is 12.2. The predicted molar refractivity (Wildman–Crippen MR) is 84.4 cm³/mol. The normalized spacial score (nSPS) is 12.5. The largest absolute Gasteiger partial charge is 0.480 e. The summed E-state index contributed by atoms with van der Waals surface area (Å²) in [5, 5.41) is 11.5. The molecule has 0 aliphatic heterocycles. The summed E-state index contributed by atoms with van der Waals surface area (Å²) in [5.74, 6) is -2.37. The molecule has 1 amide bonds. The van der Waals surface area contributed by atoms with Gasteiger partial charge in [-0.15, -0.1) is 0 Å². The minimum Gasteiger partial charge on any atom is -0.480 e. The highest BCUT2D eigenvalue weighted by molar-refractivity contribution is 6.25. The minimum atomic E-state index is -1.26.